The standard InChI is InChI=1S/C21H24N6O2/c1-13-20(14(2)29-26-13)19-11-17(23-12-24-19)10-16-5-8-27(9-6-16)21(28)18-4-7-22-15(3)25-18/h4,7,11-12,16H,5-6,8-10H2,1-3H3. The second-order valence-electron chi connectivity index (χ2n) is 7.52. The van der Waals surface area contributed by atoms with Crippen molar-refractivity contribution in [2.45, 2.75) is 40.0 Å². The molecule has 8 nitrogen and oxygen atoms in total. The maximum atomic E-state index is 12.7. The normalized spacial score (nSPS) is 14.9. The van der Waals surface area contributed by atoms with E-state index in [1.54, 1.807) is 25.5 Å². The van der Waals surface area contributed by atoms with E-state index in [1.807, 2.05) is 24.8 Å². The largest absolute Gasteiger partial charge is 0.361 e. The quantitative estimate of drug-likeness (QED) is 0.673. The Balaban J connectivity index is 1.39. The minimum atomic E-state index is -0.0170. The molecule has 0 radical (unpaired) electrons. The molecular weight excluding hydrogens is 368 g/mol. The predicted molar refractivity (Wildman–Crippen MR) is 106 cm³/mol. The van der Waals surface area contributed by atoms with Crippen molar-refractivity contribution in [3.05, 3.63) is 53.3 Å². The molecule has 1 saturated heterocycles. The number of likely N-dealkylation sites (tertiary alicyclic amines) is 1. The highest BCUT2D eigenvalue weighted by Crippen LogP contribution is 2.27. The van der Waals surface area contributed by atoms with Gasteiger partial charge in [0.25, 0.3) is 5.91 Å². The summed E-state index contributed by atoms with van der Waals surface area (Å²) >= 11 is 0. The van der Waals surface area contributed by atoms with Gasteiger partial charge in [0.15, 0.2) is 0 Å². The van der Waals surface area contributed by atoms with Gasteiger partial charge >= 0.3 is 0 Å². The van der Waals surface area contributed by atoms with E-state index < -0.39 is 0 Å². The molecule has 0 atom stereocenters. The fourth-order valence-electron chi connectivity index (χ4n) is 3.87. The zero-order valence-corrected chi connectivity index (χ0v) is 16.9. The minimum Gasteiger partial charge on any atom is -0.361 e. The third kappa shape index (κ3) is 4.16. The molecule has 4 rings (SSSR count). The number of carbonyl (C=O) groups is 1. The van der Waals surface area contributed by atoms with E-state index in [1.165, 1.54) is 0 Å². The van der Waals surface area contributed by atoms with Gasteiger partial charge in [-0.2, -0.15) is 0 Å². The second kappa shape index (κ2) is 8.06. The molecule has 1 fully saturated rings. The van der Waals surface area contributed by atoms with Crippen molar-refractivity contribution in [2.24, 2.45) is 5.92 Å². The lowest BCUT2D eigenvalue weighted by Gasteiger charge is -2.31. The Morgan fingerprint density at radius 2 is 1.97 bits per heavy atom. The first-order valence-corrected chi connectivity index (χ1v) is 9.84. The summed E-state index contributed by atoms with van der Waals surface area (Å²) in [6.45, 7) is 7.06. The van der Waals surface area contributed by atoms with Crippen LogP contribution in [0.25, 0.3) is 11.3 Å². The van der Waals surface area contributed by atoms with Crippen molar-refractivity contribution in [3.63, 3.8) is 0 Å². The predicted octanol–water partition coefficient (Wildman–Crippen LogP) is 2.94. The average Bonchev–Trinajstić information content (AvgIpc) is 3.06. The van der Waals surface area contributed by atoms with Crippen LogP contribution in [0.15, 0.2) is 29.2 Å². The molecule has 1 amide bonds. The van der Waals surface area contributed by atoms with Crippen molar-refractivity contribution in [2.75, 3.05) is 13.1 Å². The van der Waals surface area contributed by atoms with E-state index in [-0.39, 0.29) is 5.91 Å². The molecule has 0 spiro atoms. The maximum absolute atomic E-state index is 12.7. The molecule has 0 bridgehead atoms. The Kier molecular flexibility index (Phi) is 5.33. The highest BCUT2D eigenvalue weighted by atomic mass is 16.5. The average molecular weight is 392 g/mol. The van der Waals surface area contributed by atoms with E-state index in [4.69, 9.17) is 4.52 Å². The summed E-state index contributed by atoms with van der Waals surface area (Å²) in [6, 6.07) is 3.70. The summed E-state index contributed by atoms with van der Waals surface area (Å²) in [5, 5.41) is 4.01. The van der Waals surface area contributed by atoms with Crippen LogP contribution in [-0.2, 0) is 6.42 Å². The molecule has 3 aromatic rings. The Hall–Kier alpha value is -3.16. The summed E-state index contributed by atoms with van der Waals surface area (Å²) in [4.78, 5) is 31.7. The van der Waals surface area contributed by atoms with Crippen LogP contribution in [0.3, 0.4) is 0 Å². The Morgan fingerprint density at radius 3 is 2.66 bits per heavy atom. The van der Waals surface area contributed by atoms with Crippen molar-refractivity contribution in [3.8, 4) is 11.3 Å². The first-order chi connectivity index (χ1) is 14.0. The van der Waals surface area contributed by atoms with Crippen LogP contribution in [0.2, 0.25) is 0 Å². The molecule has 0 unspecified atom stereocenters. The molecular formula is C21H24N6O2. The highest BCUT2D eigenvalue weighted by molar-refractivity contribution is 5.92. The summed E-state index contributed by atoms with van der Waals surface area (Å²) in [5.41, 5.74) is 4.09. The van der Waals surface area contributed by atoms with Gasteiger partial charge in [-0.25, -0.2) is 19.9 Å². The number of aryl methyl sites for hydroxylation is 3. The number of aromatic nitrogens is 5. The number of carbonyl (C=O) groups excluding carboxylic acids is 1. The van der Waals surface area contributed by atoms with Crippen LogP contribution < -0.4 is 0 Å². The summed E-state index contributed by atoms with van der Waals surface area (Å²) in [7, 11) is 0. The van der Waals surface area contributed by atoms with Crippen molar-refractivity contribution < 1.29 is 9.32 Å². The second-order valence-corrected chi connectivity index (χ2v) is 7.52. The number of hydrogen-bond donors (Lipinski definition) is 0. The molecule has 0 N–H and O–H groups in total. The van der Waals surface area contributed by atoms with E-state index in [2.05, 4.69) is 25.1 Å². The van der Waals surface area contributed by atoms with Crippen LogP contribution in [0.1, 0.15) is 46.3 Å². The summed E-state index contributed by atoms with van der Waals surface area (Å²) in [5.74, 6) is 1.85. The zero-order valence-electron chi connectivity index (χ0n) is 16.9. The van der Waals surface area contributed by atoms with Gasteiger partial charge in [-0.1, -0.05) is 5.16 Å². The molecule has 3 aromatic heterocycles. The monoisotopic (exact) mass is 392 g/mol. The number of rotatable bonds is 4. The summed E-state index contributed by atoms with van der Waals surface area (Å²) < 4.78 is 5.26. The van der Waals surface area contributed by atoms with Gasteiger partial charge in [-0.15, -0.1) is 0 Å². The van der Waals surface area contributed by atoms with E-state index in [0.717, 1.165) is 60.8 Å². The van der Waals surface area contributed by atoms with Crippen LogP contribution in [0.5, 0.6) is 0 Å². The Bertz CT molecular complexity index is 1000. The Labute approximate surface area is 169 Å². The van der Waals surface area contributed by atoms with E-state index in [0.29, 0.717) is 17.4 Å². The maximum Gasteiger partial charge on any atom is 0.272 e. The third-order valence-corrected chi connectivity index (χ3v) is 5.41. The van der Waals surface area contributed by atoms with Crippen LogP contribution in [0.4, 0.5) is 0 Å². The van der Waals surface area contributed by atoms with Gasteiger partial charge in [0.05, 0.1) is 17.0 Å². The third-order valence-electron chi connectivity index (χ3n) is 5.41. The molecule has 150 valence electrons. The number of hydrogen-bond acceptors (Lipinski definition) is 7. The molecule has 29 heavy (non-hydrogen) atoms. The number of piperidine rings is 1. The molecule has 8 heteroatoms. The van der Waals surface area contributed by atoms with Crippen LogP contribution >= 0.6 is 0 Å². The van der Waals surface area contributed by atoms with Gasteiger partial charge in [-0.3, -0.25) is 4.79 Å². The van der Waals surface area contributed by atoms with Gasteiger partial charge in [0, 0.05) is 25.0 Å². The number of nitrogens with zero attached hydrogens (tertiary/aromatic N) is 6. The highest BCUT2D eigenvalue weighted by Gasteiger charge is 2.25. The molecule has 1 aliphatic rings. The SMILES string of the molecule is Cc1nccc(C(=O)N2CCC(Cc3cc(-c4c(C)noc4C)ncn3)CC2)n1. The molecule has 4 heterocycles. The molecule has 0 aromatic carbocycles. The van der Waals surface area contributed by atoms with Gasteiger partial charge in [0.1, 0.15) is 23.6 Å². The lowest BCUT2D eigenvalue weighted by molar-refractivity contribution is 0.0684. The van der Waals surface area contributed by atoms with Gasteiger partial charge < -0.3 is 9.42 Å². The fourth-order valence-corrected chi connectivity index (χ4v) is 3.87. The van der Waals surface area contributed by atoms with Crippen molar-refractivity contribution >= 4 is 5.91 Å². The first-order valence-electron chi connectivity index (χ1n) is 9.84. The van der Waals surface area contributed by atoms with E-state index in [9.17, 15) is 4.79 Å². The zero-order chi connectivity index (χ0) is 20.4. The van der Waals surface area contributed by atoms with Gasteiger partial charge in [0.2, 0.25) is 0 Å². The lowest BCUT2D eigenvalue weighted by atomic mass is 9.91. The molecule has 0 saturated carbocycles. The lowest BCUT2D eigenvalue weighted by Crippen LogP contribution is -2.39. The summed E-state index contributed by atoms with van der Waals surface area (Å²) in [6.07, 6.45) is 6.00. The van der Waals surface area contributed by atoms with Crippen molar-refractivity contribution in [1.29, 1.82) is 0 Å². The smallest absolute Gasteiger partial charge is 0.272 e. The van der Waals surface area contributed by atoms with Crippen molar-refractivity contribution in [1.82, 2.24) is 30.0 Å². The van der Waals surface area contributed by atoms with E-state index >= 15 is 0 Å². The van der Waals surface area contributed by atoms with Gasteiger partial charge in [-0.05, 0) is 58.1 Å². The molecule has 0 aliphatic carbocycles. The molecule has 1 aliphatic heterocycles. The Morgan fingerprint density at radius 1 is 1.17 bits per heavy atom. The number of amides is 1. The van der Waals surface area contributed by atoms with Crippen LogP contribution in [-0.4, -0.2) is 49.0 Å². The fraction of sp³-hybridized carbons (Fsp3) is 0.429. The first kappa shape index (κ1) is 19.2. The van der Waals surface area contributed by atoms with Crippen LogP contribution in [0, 0.1) is 26.7 Å². The topological polar surface area (TPSA) is 97.9 Å². The minimum absolute atomic E-state index is 0.0170.